The zero-order valence-corrected chi connectivity index (χ0v) is 24.3. The van der Waals surface area contributed by atoms with Gasteiger partial charge in [-0.05, 0) is 83.6 Å². The lowest BCUT2D eigenvalue weighted by molar-refractivity contribution is 1.24. The highest BCUT2D eigenvalue weighted by Gasteiger charge is 2.26. The van der Waals surface area contributed by atoms with Gasteiger partial charge in [-0.3, -0.25) is 0 Å². The molecule has 0 aliphatic carbocycles. The lowest BCUT2D eigenvalue weighted by Gasteiger charge is -2.34. The van der Waals surface area contributed by atoms with Crippen LogP contribution in [0.5, 0.6) is 0 Å². The second-order valence-corrected chi connectivity index (χ2v) is 11.7. The number of hydrogen-bond acceptors (Lipinski definition) is 3. The third kappa shape index (κ3) is 4.51. The fourth-order valence-electron chi connectivity index (χ4n) is 6.07. The predicted octanol–water partition coefficient (Wildman–Crippen LogP) is 12.1. The third-order valence-electron chi connectivity index (χ3n) is 7.98. The van der Waals surface area contributed by atoms with Gasteiger partial charge in [0.1, 0.15) is 0 Å². The topological polar surface area (TPSA) is 6.48 Å². The molecule has 0 fully saturated rings. The van der Waals surface area contributed by atoms with Gasteiger partial charge in [0.25, 0.3) is 0 Å². The monoisotopic (exact) mass is 568 g/mol. The molecule has 8 rings (SSSR count). The fraction of sp³-hybridized carbons (Fsp3) is 0. The molecule has 204 valence electrons. The van der Waals surface area contributed by atoms with E-state index in [-0.39, 0.29) is 0 Å². The molecule has 8 aromatic rings. The zero-order chi connectivity index (χ0) is 28.6. The average molecular weight is 569 g/mol. The van der Waals surface area contributed by atoms with Crippen LogP contribution in [0.3, 0.4) is 0 Å². The molecule has 3 heteroatoms. The van der Waals surface area contributed by atoms with E-state index in [4.69, 9.17) is 0 Å². The Morgan fingerprint density at radius 1 is 0.372 bits per heavy atom. The molecule has 0 aliphatic rings. The number of rotatable bonds is 6. The second kappa shape index (κ2) is 10.8. The molecule has 1 heterocycles. The van der Waals surface area contributed by atoms with Crippen molar-refractivity contribution in [2.24, 2.45) is 0 Å². The smallest absolute Gasteiger partial charge is 0.0796 e. The lowest BCUT2D eigenvalue weighted by Crippen LogP contribution is -2.17. The minimum absolute atomic E-state index is 1.11. The van der Waals surface area contributed by atoms with Crippen LogP contribution in [0.4, 0.5) is 34.1 Å². The number of para-hydroxylation sites is 4. The number of benzene rings is 7. The summed E-state index contributed by atoms with van der Waals surface area (Å²) in [4.78, 5) is 4.82. The molecule has 0 spiro atoms. The Morgan fingerprint density at radius 2 is 0.814 bits per heavy atom. The van der Waals surface area contributed by atoms with Crippen molar-refractivity contribution in [3.05, 3.63) is 170 Å². The van der Waals surface area contributed by atoms with Crippen LogP contribution in [0.2, 0.25) is 0 Å². The standard InChI is InChI=1S/C40H28N2S/c1-5-17-31(18-6-1)41(32-19-7-2-8-20-32)36-25-26-37-39(35-27-29-15-13-14-16-30(29)28-38(35)43-37)40(36)42(33-21-9-3-10-22-33)34-23-11-4-12-24-34/h1-28H. The average Bonchev–Trinajstić information content (AvgIpc) is 3.44. The van der Waals surface area contributed by atoms with Gasteiger partial charge < -0.3 is 9.80 Å². The summed E-state index contributed by atoms with van der Waals surface area (Å²) in [5.41, 5.74) is 6.72. The van der Waals surface area contributed by atoms with E-state index in [0.717, 1.165) is 34.1 Å². The molecule has 1 aromatic heterocycles. The van der Waals surface area contributed by atoms with Crippen molar-refractivity contribution in [2.45, 2.75) is 0 Å². The maximum Gasteiger partial charge on any atom is 0.0796 e. The van der Waals surface area contributed by atoms with Gasteiger partial charge in [-0.25, -0.2) is 0 Å². The molecule has 43 heavy (non-hydrogen) atoms. The third-order valence-corrected chi connectivity index (χ3v) is 9.10. The summed E-state index contributed by atoms with van der Waals surface area (Å²) in [7, 11) is 0. The van der Waals surface area contributed by atoms with Crippen molar-refractivity contribution >= 4 is 76.4 Å². The number of anilines is 6. The highest BCUT2D eigenvalue weighted by Crippen LogP contribution is 2.52. The van der Waals surface area contributed by atoms with Gasteiger partial charge in [0.05, 0.1) is 11.4 Å². The van der Waals surface area contributed by atoms with Gasteiger partial charge in [0.2, 0.25) is 0 Å². The minimum atomic E-state index is 1.11. The Hall–Kier alpha value is -5.38. The Bertz CT molecular complexity index is 2090. The van der Waals surface area contributed by atoms with Gasteiger partial charge in [-0.1, -0.05) is 97.1 Å². The van der Waals surface area contributed by atoms with E-state index in [1.165, 1.54) is 30.9 Å². The molecular weight excluding hydrogens is 541 g/mol. The van der Waals surface area contributed by atoms with Crippen LogP contribution in [-0.2, 0) is 0 Å². The zero-order valence-electron chi connectivity index (χ0n) is 23.5. The molecule has 0 saturated heterocycles. The number of thiophene rings is 1. The Kier molecular flexibility index (Phi) is 6.36. The summed E-state index contributed by atoms with van der Waals surface area (Å²) >= 11 is 1.87. The van der Waals surface area contributed by atoms with Crippen molar-refractivity contribution in [1.82, 2.24) is 0 Å². The first kappa shape index (κ1) is 25.3. The first-order valence-corrected chi connectivity index (χ1v) is 15.4. The molecule has 2 nitrogen and oxygen atoms in total. The van der Waals surface area contributed by atoms with Crippen LogP contribution in [0.15, 0.2) is 170 Å². The highest BCUT2D eigenvalue weighted by atomic mass is 32.1. The molecule has 0 atom stereocenters. The molecular formula is C40H28N2S. The number of hydrogen-bond donors (Lipinski definition) is 0. The van der Waals surface area contributed by atoms with Gasteiger partial charge in [-0.2, -0.15) is 0 Å². The highest BCUT2D eigenvalue weighted by molar-refractivity contribution is 7.26. The van der Waals surface area contributed by atoms with Crippen molar-refractivity contribution in [3.63, 3.8) is 0 Å². The molecule has 0 aliphatic heterocycles. The van der Waals surface area contributed by atoms with Crippen LogP contribution in [-0.4, -0.2) is 0 Å². The van der Waals surface area contributed by atoms with Crippen molar-refractivity contribution in [2.75, 3.05) is 9.80 Å². The Balaban J connectivity index is 1.54. The Labute approximate surface area is 255 Å². The molecule has 0 N–H and O–H groups in total. The summed E-state index contributed by atoms with van der Waals surface area (Å²) in [5, 5.41) is 5.04. The molecule has 0 bridgehead atoms. The summed E-state index contributed by atoms with van der Waals surface area (Å²) in [6, 6.07) is 60.8. The molecule has 0 saturated carbocycles. The van der Waals surface area contributed by atoms with E-state index in [1.54, 1.807) is 0 Å². The lowest BCUT2D eigenvalue weighted by atomic mass is 10.0. The second-order valence-electron chi connectivity index (χ2n) is 10.6. The van der Waals surface area contributed by atoms with Crippen molar-refractivity contribution in [1.29, 1.82) is 0 Å². The first-order valence-electron chi connectivity index (χ1n) is 14.5. The number of fused-ring (bicyclic) bond motifs is 4. The van der Waals surface area contributed by atoms with Crippen LogP contribution >= 0.6 is 11.3 Å². The van der Waals surface area contributed by atoms with Gasteiger partial charge >= 0.3 is 0 Å². The quantitative estimate of drug-likeness (QED) is 0.197. The van der Waals surface area contributed by atoms with Crippen molar-refractivity contribution < 1.29 is 0 Å². The van der Waals surface area contributed by atoms with Gasteiger partial charge in [-0.15, -0.1) is 11.3 Å². The fourth-order valence-corrected chi connectivity index (χ4v) is 7.21. The van der Waals surface area contributed by atoms with E-state index >= 15 is 0 Å². The maximum absolute atomic E-state index is 2.43. The predicted molar refractivity (Wildman–Crippen MR) is 186 cm³/mol. The first-order chi connectivity index (χ1) is 21.3. The van der Waals surface area contributed by atoms with E-state index < -0.39 is 0 Å². The maximum atomic E-state index is 2.43. The van der Waals surface area contributed by atoms with E-state index in [9.17, 15) is 0 Å². The Morgan fingerprint density at radius 3 is 1.33 bits per heavy atom. The molecule has 0 radical (unpaired) electrons. The van der Waals surface area contributed by atoms with E-state index in [1.807, 2.05) is 11.3 Å². The van der Waals surface area contributed by atoms with Gasteiger partial charge in [0, 0.05) is 42.9 Å². The van der Waals surface area contributed by atoms with Crippen LogP contribution < -0.4 is 9.80 Å². The van der Waals surface area contributed by atoms with E-state index in [0.29, 0.717) is 0 Å². The normalized spacial score (nSPS) is 11.3. The number of nitrogens with zero attached hydrogens (tertiary/aromatic N) is 2. The molecule has 7 aromatic carbocycles. The summed E-state index contributed by atoms with van der Waals surface area (Å²) in [6.07, 6.45) is 0. The summed E-state index contributed by atoms with van der Waals surface area (Å²) in [5.74, 6) is 0. The molecule has 0 unspecified atom stereocenters. The van der Waals surface area contributed by atoms with E-state index in [2.05, 4.69) is 180 Å². The summed E-state index contributed by atoms with van der Waals surface area (Å²) < 4.78 is 2.56. The van der Waals surface area contributed by atoms with Crippen LogP contribution in [0.25, 0.3) is 30.9 Å². The minimum Gasteiger partial charge on any atom is -0.308 e. The van der Waals surface area contributed by atoms with Gasteiger partial charge in [0.15, 0.2) is 0 Å². The summed E-state index contributed by atoms with van der Waals surface area (Å²) in [6.45, 7) is 0. The van der Waals surface area contributed by atoms with Crippen LogP contribution in [0, 0.1) is 0 Å². The van der Waals surface area contributed by atoms with Crippen molar-refractivity contribution in [3.8, 4) is 0 Å². The molecule has 0 amide bonds. The SMILES string of the molecule is c1ccc(N(c2ccccc2)c2ccc3sc4cc5ccccc5cc4c3c2N(c2ccccc2)c2ccccc2)cc1. The van der Waals surface area contributed by atoms with Crippen LogP contribution in [0.1, 0.15) is 0 Å². The largest absolute Gasteiger partial charge is 0.308 e.